The van der Waals surface area contributed by atoms with Crippen LogP contribution in [0.5, 0.6) is 11.5 Å². The summed E-state index contributed by atoms with van der Waals surface area (Å²) in [6.07, 6.45) is 1.75. The third-order valence-electron chi connectivity index (χ3n) is 5.27. The van der Waals surface area contributed by atoms with Gasteiger partial charge < -0.3 is 14.6 Å². The first-order valence-corrected chi connectivity index (χ1v) is 12.8. The van der Waals surface area contributed by atoms with E-state index in [-0.39, 0.29) is 18.1 Å². The molecule has 0 atom stereocenters. The Kier molecular flexibility index (Phi) is 8.43. The summed E-state index contributed by atoms with van der Waals surface area (Å²) >= 11 is 13.3. The molecule has 0 aromatic heterocycles. The van der Waals surface area contributed by atoms with Crippen LogP contribution in [-0.2, 0) is 11.4 Å². The summed E-state index contributed by atoms with van der Waals surface area (Å²) < 4.78 is 11.7. The number of carbonyl (C=O) groups is 2. The van der Waals surface area contributed by atoms with Crippen LogP contribution in [0.25, 0.3) is 6.08 Å². The summed E-state index contributed by atoms with van der Waals surface area (Å²) in [4.78, 5) is 30.5. The van der Waals surface area contributed by atoms with Gasteiger partial charge in [0.25, 0.3) is 5.91 Å². The number of thioether (sulfide) groups is 1. The maximum Gasteiger partial charge on any atom is 0.335 e. The molecule has 1 fully saturated rings. The van der Waals surface area contributed by atoms with Crippen molar-refractivity contribution >= 4 is 63.8 Å². The first-order chi connectivity index (χ1) is 17.7. The molecule has 1 aliphatic heterocycles. The Hall–Kier alpha value is -3.46. The number of carboxylic acid groups (broad SMARTS) is 1. The predicted octanol–water partition coefficient (Wildman–Crippen LogP) is 6.90. The van der Waals surface area contributed by atoms with E-state index < -0.39 is 5.97 Å². The summed E-state index contributed by atoms with van der Waals surface area (Å²) in [5.74, 6) is -0.157. The fraction of sp³-hybridized carbons (Fsp3) is 0.148. The number of carbonyl (C=O) groups excluding carboxylic acids is 1. The molecule has 0 aliphatic carbocycles. The largest absolute Gasteiger partial charge is 0.490 e. The van der Waals surface area contributed by atoms with Crippen molar-refractivity contribution in [2.45, 2.75) is 13.5 Å². The average molecular weight is 557 g/mol. The lowest BCUT2D eigenvalue weighted by Gasteiger charge is -2.13. The van der Waals surface area contributed by atoms with Crippen molar-refractivity contribution in [2.24, 2.45) is 4.99 Å². The maximum absolute atomic E-state index is 12.9. The van der Waals surface area contributed by atoms with Crippen LogP contribution >= 0.6 is 35.0 Å². The van der Waals surface area contributed by atoms with Gasteiger partial charge in [-0.2, -0.15) is 0 Å². The number of amides is 1. The normalized spacial score (nSPS) is 15.5. The van der Waals surface area contributed by atoms with Crippen molar-refractivity contribution in [2.75, 3.05) is 13.7 Å². The number of amidine groups is 1. The van der Waals surface area contributed by atoms with E-state index in [2.05, 4.69) is 4.99 Å². The van der Waals surface area contributed by atoms with Crippen LogP contribution in [0.4, 0.5) is 5.69 Å². The molecule has 10 heteroatoms. The van der Waals surface area contributed by atoms with Gasteiger partial charge in [-0.05, 0) is 78.4 Å². The van der Waals surface area contributed by atoms with Gasteiger partial charge in [-0.3, -0.25) is 9.69 Å². The fourth-order valence-electron chi connectivity index (χ4n) is 3.41. The number of ether oxygens (including phenoxy) is 2. The highest BCUT2D eigenvalue weighted by atomic mass is 35.5. The van der Waals surface area contributed by atoms with Crippen LogP contribution in [-0.4, -0.2) is 40.7 Å². The highest BCUT2D eigenvalue weighted by Crippen LogP contribution is 2.36. The molecule has 1 heterocycles. The van der Waals surface area contributed by atoms with Crippen molar-refractivity contribution in [3.8, 4) is 11.5 Å². The van der Waals surface area contributed by atoms with Gasteiger partial charge in [0.2, 0.25) is 0 Å². The van der Waals surface area contributed by atoms with E-state index in [1.54, 1.807) is 49.5 Å². The molecule has 37 heavy (non-hydrogen) atoms. The molecule has 190 valence electrons. The topological polar surface area (TPSA) is 88.4 Å². The highest BCUT2D eigenvalue weighted by Gasteiger charge is 2.30. The Morgan fingerprint density at radius 3 is 2.59 bits per heavy atom. The third kappa shape index (κ3) is 6.46. The SMILES string of the molecule is CCOc1cc(C=C2SC(=Nc3cccc(C(=O)O)c3)N(C)C2=O)ccc1OCc1ccc(Cl)c(Cl)c1. The minimum absolute atomic E-state index is 0.125. The molecule has 1 aliphatic rings. The molecule has 1 amide bonds. The van der Waals surface area contributed by atoms with Crippen molar-refractivity contribution in [3.05, 3.63) is 92.3 Å². The molecular weight excluding hydrogens is 535 g/mol. The summed E-state index contributed by atoms with van der Waals surface area (Å²) in [6.45, 7) is 2.59. The Bertz CT molecular complexity index is 1420. The summed E-state index contributed by atoms with van der Waals surface area (Å²) in [7, 11) is 1.63. The number of nitrogens with zero attached hydrogens (tertiary/aromatic N) is 2. The Balaban J connectivity index is 1.54. The second-order valence-electron chi connectivity index (χ2n) is 7.90. The highest BCUT2D eigenvalue weighted by molar-refractivity contribution is 8.18. The van der Waals surface area contributed by atoms with Gasteiger partial charge in [0, 0.05) is 7.05 Å². The predicted molar refractivity (Wildman–Crippen MR) is 147 cm³/mol. The Morgan fingerprint density at radius 1 is 1.05 bits per heavy atom. The summed E-state index contributed by atoms with van der Waals surface area (Å²) in [5, 5.41) is 10.6. The first kappa shape index (κ1) is 26.6. The standard InChI is InChI=1S/C27H22Cl2N2O5S/c1-3-35-23-12-16(8-10-22(23)36-15-17-7-9-20(28)21(29)11-17)13-24-25(32)31(2)27(37-24)30-19-6-4-5-18(14-19)26(33)34/h4-14H,3,15H2,1-2H3,(H,33,34). The van der Waals surface area contributed by atoms with Gasteiger partial charge in [-0.1, -0.05) is 41.4 Å². The molecule has 7 nitrogen and oxygen atoms in total. The summed E-state index contributed by atoms with van der Waals surface area (Å²) in [6, 6.07) is 17.0. The third-order valence-corrected chi connectivity index (χ3v) is 7.06. The number of halogens is 2. The molecule has 0 spiro atoms. The molecule has 0 saturated carbocycles. The molecule has 3 aromatic carbocycles. The second kappa shape index (κ2) is 11.7. The molecule has 0 unspecified atom stereocenters. The van der Waals surface area contributed by atoms with Crippen LogP contribution in [0.2, 0.25) is 10.0 Å². The molecular formula is C27H22Cl2N2O5S. The van der Waals surface area contributed by atoms with E-state index in [0.717, 1.165) is 11.1 Å². The molecule has 0 radical (unpaired) electrons. The number of aliphatic imine (C=N–C) groups is 1. The number of carboxylic acids is 1. The molecule has 4 rings (SSSR count). The van der Waals surface area contributed by atoms with Crippen LogP contribution in [0.1, 0.15) is 28.4 Å². The van der Waals surface area contributed by atoms with Gasteiger partial charge >= 0.3 is 5.97 Å². The van der Waals surface area contributed by atoms with Crippen molar-refractivity contribution in [1.82, 2.24) is 4.90 Å². The maximum atomic E-state index is 12.9. The smallest absolute Gasteiger partial charge is 0.335 e. The monoisotopic (exact) mass is 556 g/mol. The van der Waals surface area contributed by atoms with Crippen LogP contribution in [0.15, 0.2) is 70.6 Å². The van der Waals surface area contributed by atoms with E-state index >= 15 is 0 Å². The second-order valence-corrected chi connectivity index (χ2v) is 9.72. The lowest BCUT2D eigenvalue weighted by molar-refractivity contribution is -0.121. The van der Waals surface area contributed by atoms with Gasteiger partial charge in [-0.15, -0.1) is 0 Å². The summed E-state index contributed by atoms with van der Waals surface area (Å²) in [5.41, 5.74) is 2.19. The number of benzene rings is 3. The number of likely N-dealkylation sites (N-methyl/N-ethyl adjacent to an activating group) is 1. The van der Waals surface area contributed by atoms with E-state index in [4.69, 9.17) is 32.7 Å². The van der Waals surface area contributed by atoms with Gasteiger partial charge in [0.05, 0.1) is 32.8 Å². The minimum atomic E-state index is -1.04. The molecule has 0 bridgehead atoms. The zero-order valence-electron chi connectivity index (χ0n) is 19.9. The number of hydrogen-bond acceptors (Lipinski definition) is 6. The van der Waals surface area contributed by atoms with Gasteiger partial charge in [0.15, 0.2) is 16.7 Å². The Morgan fingerprint density at radius 2 is 1.86 bits per heavy atom. The minimum Gasteiger partial charge on any atom is -0.490 e. The van der Waals surface area contributed by atoms with Crippen molar-refractivity contribution in [3.63, 3.8) is 0 Å². The number of hydrogen-bond donors (Lipinski definition) is 1. The zero-order valence-corrected chi connectivity index (χ0v) is 22.2. The molecule has 1 saturated heterocycles. The quantitative estimate of drug-likeness (QED) is 0.303. The van der Waals surface area contributed by atoms with E-state index in [1.807, 2.05) is 19.1 Å². The average Bonchev–Trinajstić information content (AvgIpc) is 3.13. The number of aromatic carboxylic acids is 1. The van der Waals surface area contributed by atoms with E-state index in [1.165, 1.54) is 28.8 Å². The number of rotatable bonds is 8. The van der Waals surface area contributed by atoms with Crippen molar-refractivity contribution in [1.29, 1.82) is 0 Å². The molecule has 3 aromatic rings. The zero-order chi connectivity index (χ0) is 26.5. The lowest BCUT2D eigenvalue weighted by atomic mass is 10.1. The van der Waals surface area contributed by atoms with E-state index in [9.17, 15) is 14.7 Å². The van der Waals surface area contributed by atoms with Gasteiger partial charge in [-0.25, -0.2) is 9.79 Å². The van der Waals surface area contributed by atoms with E-state index in [0.29, 0.717) is 43.9 Å². The Labute approximate surface area is 228 Å². The fourth-order valence-corrected chi connectivity index (χ4v) is 4.72. The van der Waals surface area contributed by atoms with Crippen LogP contribution in [0, 0.1) is 0 Å². The van der Waals surface area contributed by atoms with Gasteiger partial charge in [0.1, 0.15) is 6.61 Å². The lowest BCUT2D eigenvalue weighted by Crippen LogP contribution is -2.23. The molecule has 1 N–H and O–H groups in total. The first-order valence-electron chi connectivity index (χ1n) is 11.2. The van der Waals surface area contributed by atoms with Crippen LogP contribution in [0.3, 0.4) is 0 Å². The van der Waals surface area contributed by atoms with Crippen molar-refractivity contribution < 1.29 is 24.2 Å². The van der Waals surface area contributed by atoms with Crippen LogP contribution < -0.4 is 9.47 Å².